The molecule has 7 nitrogen and oxygen atoms in total. The molecule has 1 aliphatic rings. The van der Waals surface area contributed by atoms with Crippen LogP contribution in [0.5, 0.6) is 0 Å². The monoisotopic (exact) mass is 609 g/mol. The summed E-state index contributed by atoms with van der Waals surface area (Å²) < 4.78 is 54.8. The van der Waals surface area contributed by atoms with E-state index in [0.717, 1.165) is 16.7 Å². The van der Waals surface area contributed by atoms with Gasteiger partial charge in [-0.05, 0) is 22.7 Å². The Morgan fingerprint density at radius 2 is 1.24 bits per heavy atom. The normalized spacial score (nSPS) is 21.2. The third kappa shape index (κ3) is 10.2. The molecule has 0 bridgehead atoms. The van der Waals surface area contributed by atoms with E-state index >= 15 is 0 Å². The molecule has 9 heteroatoms. The average molecular weight is 610 g/mol. The Morgan fingerprint density at radius 3 is 1.74 bits per heavy atom. The molecule has 0 aliphatic carbocycles. The molecule has 1 aliphatic heterocycles. The summed E-state index contributed by atoms with van der Waals surface area (Å²) in [7, 11) is -5.24. The lowest BCUT2D eigenvalue weighted by Crippen LogP contribution is -2.60. The van der Waals surface area contributed by atoms with Gasteiger partial charge in [0.05, 0.1) is 32.2 Å². The summed E-state index contributed by atoms with van der Waals surface area (Å²) in [5, 5.41) is 0. The first-order chi connectivity index (χ1) is 20.1. The fraction of sp³-hybridized carbons (Fsp3) is 0.394. The minimum absolute atomic E-state index is 0.0388. The van der Waals surface area contributed by atoms with E-state index in [-0.39, 0.29) is 24.7 Å². The lowest BCUT2D eigenvalue weighted by Gasteiger charge is -2.43. The largest absolute Gasteiger partial charge is 0.488 e. The van der Waals surface area contributed by atoms with Gasteiger partial charge in [0, 0.05) is 8.07 Å². The van der Waals surface area contributed by atoms with Crippen LogP contribution < -0.4 is 4.72 Å². The van der Waals surface area contributed by atoms with Gasteiger partial charge in [0.2, 0.25) is 10.0 Å². The highest BCUT2D eigenvalue weighted by Crippen LogP contribution is 2.30. The van der Waals surface area contributed by atoms with E-state index in [9.17, 15) is 8.42 Å². The van der Waals surface area contributed by atoms with Crippen LogP contribution in [0, 0.1) is 0 Å². The van der Waals surface area contributed by atoms with E-state index in [4.69, 9.17) is 18.9 Å². The maximum Gasteiger partial charge on any atom is 0.212 e. The minimum Gasteiger partial charge on any atom is -0.488 e. The highest BCUT2D eigenvalue weighted by molar-refractivity contribution is 7.89. The Labute approximate surface area is 251 Å². The molecule has 42 heavy (non-hydrogen) atoms. The Bertz CT molecular complexity index is 1350. The van der Waals surface area contributed by atoms with Crippen LogP contribution >= 0.6 is 0 Å². The lowest BCUT2D eigenvalue weighted by molar-refractivity contribution is -0.185. The van der Waals surface area contributed by atoms with Gasteiger partial charge in [-0.1, -0.05) is 117 Å². The topological polar surface area (TPSA) is 83.1 Å². The number of ether oxygens (including phenoxy) is 4. The zero-order chi connectivity index (χ0) is 30.0. The van der Waals surface area contributed by atoms with Gasteiger partial charge in [-0.2, -0.15) is 0 Å². The van der Waals surface area contributed by atoms with Gasteiger partial charge in [-0.15, -0.1) is 0 Å². The number of hydrogen-bond donors (Lipinski definition) is 1. The number of benzene rings is 3. The second-order valence-corrected chi connectivity index (χ2v) is 19.4. The number of hydrogen-bond acceptors (Lipinski definition) is 6. The van der Waals surface area contributed by atoms with Crippen molar-refractivity contribution in [2.75, 3.05) is 12.4 Å². The first-order valence-electron chi connectivity index (χ1n) is 14.4. The fourth-order valence-corrected chi connectivity index (χ4v) is 8.96. The Hall–Kier alpha value is -2.79. The van der Waals surface area contributed by atoms with Crippen molar-refractivity contribution in [3.8, 4) is 0 Å². The lowest BCUT2D eigenvalue weighted by atomic mass is 9.96. The molecule has 0 radical (unpaired) electrons. The summed E-state index contributed by atoms with van der Waals surface area (Å²) in [6, 6.07) is 29.3. The quantitative estimate of drug-likeness (QED) is 0.216. The molecule has 3 aromatic rings. The van der Waals surface area contributed by atoms with Gasteiger partial charge in [-0.25, -0.2) is 13.1 Å². The average Bonchev–Trinajstić information content (AvgIpc) is 2.97. The molecule has 1 fully saturated rings. The van der Waals surface area contributed by atoms with Crippen molar-refractivity contribution in [2.24, 2.45) is 0 Å². The van der Waals surface area contributed by atoms with Crippen LogP contribution in [-0.4, -0.2) is 53.2 Å². The summed E-state index contributed by atoms with van der Waals surface area (Å²) in [6.07, 6.45) is -1.91. The summed E-state index contributed by atoms with van der Waals surface area (Å²) in [6.45, 7) is 11.8. The van der Waals surface area contributed by atoms with Crippen molar-refractivity contribution in [1.29, 1.82) is 0 Å². The van der Waals surface area contributed by atoms with Crippen LogP contribution in [0.1, 0.15) is 16.7 Å². The van der Waals surface area contributed by atoms with E-state index in [1.165, 1.54) is 0 Å². The van der Waals surface area contributed by atoms with Crippen LogP contribution in [0.25, 0.3) is 0 Å². The van der Waals surface area contributed by atoms with Crippen LogP contribution in [0.2, 0.25) is 25.7 Å². The summed E-state index contributed by atoms with van der Waals surface area (Å²) in [5.74, 6) is 0.328. The maximum atomic E-state index is 13.3. The smallest absolute Gasteiger partial charge is 0.212 e. The predicted molar refractivity (Wildman–Crippen MR) is 169 cm³/mol. The SMILES string of the molecule is C=C1O[C@H](COCc2ccccc2)[C@@H](OCc2ccccc2)[C@H](OCc2ccccc2)[C@@H]1NS(=O)(=O)CC[Si](C)(C)C. The van der Waals surface area contributed by atoms with Crippen molar-refractivity contribution < 1.29 is 27.4 Å². The Morgan fingerprint density at radius 1 is 0.762 bits per heavy atom. The van der Waals surface area contributed by atoms with Gasteiger partial charge in [-0.3, -0.25) is 0 Å². The number of sulfonamides is 1. The van der Waals surface area contributed by atoms with Crippen LogP contribution in [0.3, 0.4) is 0 Å². The molecular weight excluding hydrogens is 567 g/mol. The molecule has 0 spiro atoms. The van der Waals surface area contributed by atoms with Crippen molar-refractivity contribution in [3.05, 3.63) is 120 Å². The van der Waals surface area contributed by atoms with Gasteiger partial charge >= 0.3 is 0 Å². The maximum absolute atomic E-state index is 13.3. The molecule has 0 unspecified atom stereocenters. The molecule has 1 saturated heterocycles. The summed E-state index contributed by atoms with van der Waals surface area (Å²) in [4.78, 5) is 0. The highest BCUT2D eigenvalue weighted by Gasteiger charge is 2.46. The van der Waals surface area contributed by atoms with Crippen molar-refractivity contribution in [3.63, 3.8) is 0 Å². The van der Waals surface area contributed by atoms with Crippen LogP contribution in [-0.2, 0) is 48.8 Å². The van der Waals surface area contributed by atoms with Crippen LogP contribution in [0.4, 0.5) is 0 Å². The molecular formula is C33H43NO6SSi. The zero-order valence-electron chi connectivity index (χ0n) is 24.8. The number of nitrogens with one attached hydrogen (secondary N) is 1. The van der Waals surface area contributed by atoms with Gasteiger partial charge < -0.3 is 18.9 Å². The Balaban J connectivity index is 1.59. The fourth-order valence-electron chi connectivity index (χ4n) is 4.67. The standard InChI is InChI=1S/C33H43NO6SSi/c1-26-31(34-41(35,36)20-21-42(2,3)4)33(39-24-29-18-12-7-13-19-29)32(38-23-28-16-10-6-11-17-28)30(40-26)25-37-22-27-14-8-5-9-15-27/h5-19,30-34H,1,20-25H2,2-4H3/t30-,31-,32-,33-/m1/s1. The molecule has 4 atom stereocenters. The van der Waals surface area contributed by atoms with E-state index in [1.807, 2.05) is 91.0 Å². The molecule has 0 aromatic heterocycles. The second-order valence-electron chi connectivity index (χ2n) is 11.9. The minimum atomic E-state index is -3.65. The summed E-state index contributed by atoms with van der Waals surface area (Å²) >= 11 is 0. The highest BCUT2D eigenvalue weighted by atomic mass is 32.2. The number of rotatable bonds is 15. The van der Waals surface area contributed by atoms with E-state index in [1.54, 1.807) is 0 Å². The van der Waals surface area contributed by atoms with Gasteiger partial charge in [0.15, 0.2) is 6.10 Å². The molecule has 3 aromatic carbocycles. The molecule has 0 saturated carbocycles. The zero-order valence-corrected chi connectivity index (χ0v) is 26.6. The van der Waals surface area contributed by atoms with Crippen molar-refractivity contribution in [1.82, 2.24) is 4.72 Å². The van der Waals surface area contributed by atoms with E-state index in [2.05, 4.69) is 30.9 Å². The molecule has 1 N–H and O–H groups in total. The molecule has 4 rings (SSSR count). The second kappa shape index (κ2) is 15.1. The Kier molecular flexibility index (Phi) is 11.5. The van der Waals surface area contributed by atoms with Gasteiger partial charge in [0.1, 0.15) is 24.0 Å². The van der Waals surface area contributed by atoms with E-state index < -0.39 is 42.5 Å². The molecule has 0 amide bonds. The van der Waals surface area contributed by atoms with E-state index in [0.29, 0.717) is 19.3 Å². The predicted octanol–water partition coefficient (Wildman–Crippen LogP) is 5.91. The van der Waals surface area contributed by atoms with Crippen LogP contribution in [0.15, 0.2) is 103 Å². The molecule has 1 heterocycles. The third-order valence-electron chi connectivity index (χ3n) is 7.06. The third-order valence-corrected chi connectivity index (χ3v) is 10.5. The summed E-state index contributed by atoms with van der Waals surface area (Å²) in [5.41, 5.74) is 2.99. The first kappa shape index (κ1) is 32.1. The first-order valence-corrected chi connectivity index (χ1v) is 19.7. The van der Waals surface area contributed by atoms with Gasteiger partial charge in [0.25, 0.3) is 0 Å². The molecule has 226 valence electrons. The van der Waals surface area contributed by atoms with Crippen molar-refractivity contribution >= 4 is 18.1 Å². The van der Waals surface area contributed by atoms with Crippen molar-refractivity contribution in [2.45, 2.75) is 69.9 Å².